The molecule has 0 aliphatic heterocycles. The van der Waals surface area contributed by atoms with Crippen LogP contribution >= 0.6 is 0 Å². The van der Waals surface area contributed by atoms with E-state index in [-0.39, 0.29) is 47.6 Å². The summed E-state index contributed by atoms with van der Waals surface area (Å²) < 4.78 is 0. The van der Waals surface area contributed by atoms with Crippen LogP contribution < -0.4 is 4.90 Å². The molecule has 0 bridgehead atoms. The van der Waals surface area contributed by atoms with Gasteiger partial charge in [0.25, 0.3) is 0 Å². The molecule has 1 aliphatic carbocycles. The summed E-state index contributed by atoms with van der Waals surface area (Å²) in [6, 6.07) is 22.7. The number of hydrogen-bond donors (Lipinski definition) is 0. The van der Waals surface area contributed by atoms with E-state index in [0.717, 1.165) is 24.3 Å². The van der Waals surface area contributed by atoms with E-state index in [2.05, 4.69) is 75.1 Å². The average Bonchev–Trinajstić information content (AvgIpc) is 3.16. The topological polar surface area (TPSA) is 3.24 Å². The van der Waals surface area contributed by atoms with Crippen molar-refractivity contribution in [2.45, 2.75) is 61.8 Å². The molecule has 153 valence electrons. The molecule has 0 atom stereocenters. The third kappa shape index (κ3) is 12.3. The van der Waals surface area contributed by atoms with Gasteiger partial charge in [0.2, 0.25) is 0 Å². The first-order valence-electron chi connectivity index (χ1n) is 9.33. The number of allylic oxidation sites excluding steroid dienone is 2. The second-order valence-corrected chi connectivity index (χ2v) is 5.91. The van der Waals surface area contributed by atoms with E-state index in [1.54, 1.807) is 0 Å². The SMILES string of the molecule is C.C.CCC.CCC.[Y].[c-]1ccccc1N(CC1=CCC=C1)c1[c-]cccc1. The maximum Gasteiger partial charge on any atom is 0.0433 e. The molecular weight excluding hydrogens is 415 g/mol. The minimum atomic E-state index is 0. The molecule has 0 spiro atoms. The number of nitrogens with zero attached hydrogens (tertiary/aromatic N) is 1. The van der Waals surface area contributed by atoms with Crippen LogP contribution in [0.15, 0.2) is 72.3 Å². The fraction of sp³-hybridized carbons (Fsp3) is 0.385. The van der Waals surface area contributed by atoms with Gasteiger partial charge in [-0.3, -0.25) is 0 Å². The van der Waals surface area contributed by atoms with E-state index >= 15 is 0 Å². The molecule has 2 aromatic carbocycles. The summed E-state index contributed by atoms with van der Waals surface area (Å²) in [6.07, 6.45) is 10.2. The Morgan fingerprint density at radius 3 is 1.61 bits per heavy atom. The first-order valence-corrected chi connectivity index (χ1v) is 9.33. The van der Waals surface area contributed by atoms with Crippen molar-refractivity contribution in [3.63, 3.8) is 0 Å². The van der Waals surface area contributed by atoms with E-state index in [1.165, 1.54) is 18.4 Å². The summed E-state index contributed by atoms with van der Waals surface area (Å²) in [6.45, 7) is 9.36. The molecule has 2 heteroatoms. The quantitative estimate of drug-likeness (QED) is 0.419. The Balaban J connectivity index is -0.000000623. The van der Waals surface area contributed by atoms with Crippen LogP contribution in [-0.4, -0.2) is 6.54 Å². The predicted molar refractivity (Wildman–Crippen MR) is 125 cm³/mol. The van der Waals surface area contributed by atoms with Crippen molar-refractivity contribution in [1.29, 1.82) is 0 Å². The van der Waals surface area contributed by atoms with E-state index < -0.39 is 0 Å². The van der Waals surface area contributed by atoms with Gasteiger partial charge < -0.3 is 4.90 Å². The standard InChI is InChI=1S/C18H15N.2C3H8.2CH4.Y/c1-3-11-17(12-4-1)19(15-16-9-7-8-10-16)18-13-5-2-6-14-18;2*1-3-2;;;/h1-7,9-11,13H,8,15H2;2*3H2,1-2H3;2*1H4;/q-2;;;;;. The fourth-order valence-electron chi connectivity index (χ4n) is 2.21. The summed E-state index contributed by atoms with van der Waals surface area (Å²) in [5.41, 5.74) is 3.49. The van der Waals surface area contributed by atoms with Gasteiger partial charge in [0.1, 0.15) is 0 Å². The Kier molecular flexibility index (Phi) is 23.1. The van der Waals surface area contributed by atoms with Gasteiger partial charge in [0, 0.05) is 39.3 Å². The minimum absolute atomic E-state index is 0. The van der Waals surface area contributed by atoms with Gasteiger partial charge in [-0.25, -0.2) is 0 Å². The van der Waals surface area contributed by atoms with Gasteiger partial charge in [0.05, 0.1) is 0 Å². The van der Waals surface area contributed by atoms with Crippen LogP contribution in [0, 0.1) is 12.1 Å². The Morgan fingerprint density at radius 1 is 0.821 bits per heavy atom. The first kappa shape index (κ1) is 31.5. The average molecular weight is 455 g/mol. The van der Waals surface area contributed by atoms with E-state index in [4.69, 9.17) is 0 Å². The van der Waals surface area contributed by atoms with Gasteiger partial charge in [-0.15, -0.1) is 12.1 Å². The zero-order chi connectivity index (χ0) is 18.3. The van der Waals surface area contributed by atoms with Gasteiger partial charge >= 0.3 is 0 Å². The summed E-state index contributed by atoms with van der Waals surface area (Å²) in [5.74, 6) is 0. The van der Waals surface area contributed by atoms with E-state index in [0.29, 0.717) is 0 Å². The zero-order valence-electron chi connectivity index (χ0n) is 16.7. The molecule has 1 aliphatic rings. The molecule has 0 fully saturated rings. The molecule has 3 rings (SSSR count). The monoisotopic (exact) mass is 454 g/mol. The number of benzene rings is 2. The number of rotatable bonds is 4. The third-order valence-electron chi connectivity index (χ3n) is 3.16. The van der Waals surface area contributed by atoms with Crippen molar-refractivity contribution in [2.75, 3.05) is 11.4 Å². The minimum Gasteiger partial charge on any atom is -0.383 e. The van der Waals surface area contributed by atoms with Gasteiger partial charge in [0.15, 0.2) is 0 Å². The van der Waals surface area contributed by atoms with Crippen LogP contribution in [0.4, 0.5) is 11.4 Å². The van der Waals surface area contributed by atoms with E-state index in [1.807, 2.05) is 36.4 Å². The van der Waals surface area contributed by atoms with Crippen molar-refractivity contribution in [2.24, 2.45) is 0 Å². The summed E-state index contributed by atoms with van der Waals surface area (Å²) in [4.78, 5) is 2.24. The molecule has 28 heavy (non-hydrogen) atoms. The van der Waals surface area contributed by atoms with Crippen molar-refractivity contribution in [3.05, 3.63) is 84.5 Å². The van der Waals surface area contributed by atoms with Crippen LogP contribution in [0.25, 0.3) is 0 Å². The maximum atomic E-state index is 3.30. The smallest absolute Gasteiger partial charge is 0.0433 e. The number of hydrogen-bond acceptors (Lipinski definition) is 1. The summed E-state index contributed by atoms with van der Waals surface area (Å²) in [5, 5.41) is 0. The first-order chi connectivity index (χ1) is 12.3. The molecule has 1 radical (unpaired) electrons. The second-order valence-electron chi connectivity index (χ2n) is 5.91. The molecule has 1 nitrogen and oxygen atoms in total. The van der Waals surface area contributed by atoms with Crippen LogP contribution in [0.2, 0.25) is 0 Å². The Hall–Kier alpha value is -1.18. The molecule has 0 saturated heterocycles. The van der Waals surface area contributed by atoms with Gasteiger partial charge in [-0.2, -0.15) is 48.5 Å². The molecule has 0 heterocycles. The van der Waals surface area contributed by atoms with Crippen LogP contribution in [0.1, 0.15) is 61.8 Å². The molecule has 0 aromatic heterocycles. The van der Waals surface area contributed by atoms with Crippen LogP contribution in [0.5, 0.6) is 0 Å². The predicted octanol–water partition coefficient (Wildman–Crippen LogP) is 8.41. The zero-order valence-corrected chi connectivity index (χ0v) is 19.5. The van der Waals surface area contributed by atoms with Gasteiger partial charge in [-0.1, -0.05) is 85.0 Å². The molecular formula is C26H39NY-2. The number of anilines is 2. The molecule has 2 aromatic rings. The molecule has 0 amide bonds. The van der Waals surface area contributed by atoms with Crippen molar-refractivity contribution in [3.8, 4) is 0 Å². The van der Waals surface area contributed by atoms with Crippen molar-refractivity contribution < 1.29 is 32.7 Å². The second kappa shape index (κ2) is 20.6. The van der Waals surface area contributed by atoms with Crippen LogP contribution in [0.3, 0.4) is 0 Å². The Labute approximate surface area is 200 Å². The molecule has 0 saturated carbocycles. The largest absolute Gasteiger partial charge is 0.383 e. The molecule has 0 unspecified atom stereocenters. The third-order valence-corrected chi connectivity index (χ3v) is 3.16. The van der Waals surface area contributed by atoms with Crippen molar-refractivity contribution >= 4 is 11.4 Å². The van der Waals surface area contributed by atoms with Crippen molar-refractivity contribution in [1.82, 2.24) is 0 Å². The van der Waals surface area contributed by atoms with Gasteiger partial charge in [-0.05, 0) is 12.0 Å². The van der Waals surface area contributed by atoms with Crippen LogP contribution in [-0.2, 0) is 32.7 Å². The Morgan fingerprint density at radius 2 is 1.29 bits per heavy atom. The molecule has 0 N–H and O–H groups in total. The van der Waals surface area contributed by atoms with E-state index in [9.17, 15) is 0 Å². The normalized spacial score (nSPS) is 10.4. The summed E-state index contributed by atoms with van der Waals surface area (Å²) in [7, 11) is 0. The Bertz CT molecular complexity index is 576. The summed E-state index contributed by atoms with van der Waals surface area (Å²) >= 11 is 0. The fourth-order valence-corrected chi connectivity index (χ4v) is 2.21. The number of para-hydroxylation sites is 2. The maximum absolute atomic E-state index is 3.30.